The molecule has 2 rings (SSSR count). The number of aryl methyl sites for hydroxylation is 4. The topological polar surface area (TPSA) is 29.1 Å². The molecule has 0 fully saturated rings. The SMILES string of the molecule is Cc1ccc(SCC(=O)N[C@@H](C)c2cc(C)c(C)cc2C)cc1. The van der Waals surface area contributed by atoms with Crippen molar-refractivity contribution in [3.05, 3.63) is 64.2 Å². The van der Waals surface area contributed by atoms with Crippen LogP contribution in [0.2, 0.25) is 0 Å². The van der Waals surface area contributed by atoms with Gasteiger partial charge in [0.25, 0.3) is 0 Å². The summed E-state index contributed by atoms with van der Waals surface area (Å²) >= 11 is 1.57. The Balaban J connectivity index is 1.94. The zero-order valence-corrected chi connectivity index (χ0v) is 15.4. The monoisotopic (exact) mass is 327 g/mol. The van der Waals surface area contributed by atoms with Crippen molar-refractivity contribution >= 4 is 17.7 Å². The standard InChI is InChI=1S/C20H25NOS/c1-13-6-8-18(9-7-13)23-12-20(22)21-17(5)19-11-15(3)14(2)10-16(19)4/h6-11,17H,12H2,1-5H3,(H,21,22)/t17-/m0/s1. The average molecular weight is 327 g/mol. The Morgan fingerprint density at radius 2 is 1.61 bits per heavy atom. The van der Waals surface area contributed by atoms with Gasteiger partial charge in [0.1, 0.15) is 0 Å². The zero-order chi connectivity index (χ0) is 17.0. The molecule has 1 N–H and O–H groups in total. The lowest BCUT2D eigenvalue weighted by Gasteiger charge is -2.18. The first-order chi connectivity index (χ1) is 10.9. The van der Waals surface area contributed by atoms with Gasteiger partial charge in [-0.1, -0.05) is 29.8 Å². The first-order valence-corrected chi connectivity index (χ1v) is 8.92. The summed E-state index contributed by atoms with van der Waals surface area (Å²) in [4.78, 5) is 13.3. The molecule has 23 heavy (non-hydrogen) atoms. The lowest BCUT2D eigenvalue weighted by Crippen LogP contribution is -2.28. The van der Waals surface area contributed by atoms with Gasteiger partial charge in [-0.2, -0.15) is 0 Å². The second-order valence-electron chi connectivity index (χ2n) is 6.18. The third-order valence-corrected chi connectivity index (χ3v) is 5.13. The van der Waals surface area contributed by atoms with E-state index in [2.05, 4.69) is 69.4 Å². The van der Waals surface area contributed by atoms with Gasteiger partial charge in [0.2, 0.25) is 5.91 Å². The van der Waals surface area contributed by atoms with Crippen LogP contribution in [0.4, 0.5) is 0 Å². The minimum absolute atomic E-state index is 0.0282. The predicted molar refractivity (Wildman–Crippen MR) is 99.1 cm³/mol. The minimum atomic E-state index is 0.0282. The Hall–Kier alpha value is -1.74. The van der Waals surface area contributed by atoms with Gasteiger partial charge in [-0.3, -0.25) is 4.79 Å². The van der Waals surface area contributed by atoms with E-state index in [9.17, 15) is 4.79 Å². The van der Waals surface area contributed by atoms with E-state index in [1.165, 1.54) is 27.8 Å². The number of carbonyl (C=O) groups excluding carboxylic acids is 1. The summed E-state index contributed by atoms with van der Waals surface area (Å²) in [6.45, 7) is 10.4. The summed E-state index contributed by atoms with van der Waals surface area (Å²) < 4.78 is 0. The highest BCUT2D eigenvalue weighted by atomic mass is 32.2. The quantitative estimate of drug-likeness (QED) is 0.792. The Labute approximate surface area is 143 Å². The lowest BCUT2D eigenvalue weighted by atomic mass is 9.96. The Morgan fingerprint density at radius 1 is 1.00 bits per heavy atom. The molecule has 2 aromatic carbocycles. The summed E-state index contributed by atoms with van der Waals surface area (Å²) in [7, 11) is 0. The van der Waals surface area contributed by atoms with Crippen LogP contribution in [0.5, 0.6) is 0 Å². The molecule has 0 aromatic heterocycles. The average Bonchev–Trinajstić information content (AvgIpc) is 2.50. The minimum Gasteiger partial charge on any atom is -0.349 e. The Bertz CT molecular complexity index is 692. The number of carbonyl (C=O) groups is 1. The van der Waals surface area contributed by atoms with Crippen LogP contribution in [0.15, 0.2) is 41.3 Å². The largest absolute Gasteiger partial charge is 0.349 e. The summed E-state index contributed by atoms with van der Waals surface area (Å²) in [6, 6.07) is 12.7. The van der Waals surface area contributed by atoms with Crippen molar-refractivity contribution in [2.24, 2.45) is 0 Å². The van der Waals surface area contributed by atoms with E-state index in [1.54, 1.807) is 11.8 Å². The van der Waals surface area contributed by atoms with Gasteiger partial charge >= 0.3 is 0 Å². The molecule has 1 atom stereocenters. The van der Waals surface area contributed by atoms with E-state index >= 15 is 0 Å². The molecule has 0 heterocycles. The summed E-state index contributed by atoms with van der Waals surface area (Å²) in [5.74, 6) is 0.512. The van der Waals surface area contributed by atoms with Crippen LogP contribution >= 0.6 is 11.8 Å². The summed E-state index contributed by atoms with van der Waals surface area (Å²) in [5.41, 5.74) is 6.21. The van der Waals surface area contributed by atoms with Gasteiger partial charge < -0.3 is 5.32 Å². The fourth-order valence-electron chi connectivity index (χ4n) is 2.59. The van der Waals surface area contributed by atoms with Crippen LogP contribution < -0.4 is 5.32 Å². The number of rotatable bonds is 5. The molecule has 0 radical (unpaired) electrons. The van der Waals surface area contributed by atoms with Gasteiger partial charge in [-0.05, 0) is 69.0 Å². The molecule has 0 spiro atoms. The summed E-state index contributed by atoms with van der Waals surface area (Å²) in [5, 5.41) is 3.11. The lowest BCUT2D eigenvalue weighted by molar-refractivity contribution is -0.119. The molecule has 2 nitrogen and oxygen atoms in total. The van der Waals surface area contributed by atoms with Crippen molar-refractivity contribution in [2.75, 3.05) is 5.75 Å². The van der Waals surface area contributed by atoms with Gasteiger partial charge in [0.15, 0.2) is 0 Å². The van der Waals surface area contributed by atoms with E-state index in [-0.39, 0.29) is 11.9 Å². The smallest absolute Gasteiger partial charge is 0.230 e. The maximum atomic E-state index is 12.2. The van der Waals surface area contributed by atoms with Crippen molar-refractivity contribution in [1.29, 1.82) is 0 Å². The second-order valence-corrected chi connectivity index (χ2v) is 7.23. The maximum Gasteiger partial charge on any atom is 0.230 e. The van der Waals surface area contributed by atoms with E-state index in [1.807, 2.05) is 6.92 Å². The zero-order valence-electron chi connectivity index (χ0n) is 14.6. The first kappa shape index (κ1) is 17.6. The first-order valence-electron chi connectivity index (χ1n) is 7.93. The summed E-state index contributed by atoms with van der Waals surface area (Å²) in [6.07, 6.45) is 0. The fraction of sp³-hybridized carbons (Fsp3) is 0.350. The molecule has 0 aliphatic carbocycles. The Kier molecular flexibility index (Phi) is 5.89. The van der Waals surface area contributed by atoms with Crippen LogP contribution in [-0.2, 0) is 4.79 Å². The second kappa shape index (κ2) is 7.69. The van der Waals surface area contributed by atoms with Crippen LogP contribution in [-0.4, -0.2) is 11.7 Å². The molecule has 0 unspecified atom stereocenters. The number of nitrogens with one attached hydrogen (secondary N) is 1. The fourth-order valence-corrected chi connectivity index (χ4v) is 3.30. The van der Waals surface area contributed by atoms with E-state index in [4.69, 9.17) is 0 Å². The van der Waals surface area contributed by atoms with Crippen molar-refractivity contribution in [3.8, 4) is 0 Å². The third kappa shape index (κ3) is 4.87. The van der Waals surface area contributed by atoms with Crippen LogP contribution in [0, 0.1) is 27.7 Å². The van der Waals surface area contributed by atoms with Gasteiger partial charge in [0, 0.05) is 4.90 Å². The van der Waals surface area contributed by atoms with E-state index in [0.29, 0.717) is 5.75 Å². The van der Waals surface area contributed by atoms with Gasteiger partial charge in [-0.15, -0.1) is 11.8 Å². The maximum absolute atomic E-state index is 12.2. The molecule has 0 bridgehead atoms. The highest BCUT2D eigenvalue weighted by Crippen LogP contribution is 2.22. The highest BCUT2D eigenvalue weighted by Gasteiger charge is 2.13. The molecule has 1 amide bonds. The van der Waals surface area contributed by atoms with Gasteiger partial charge in [0.05, 0.1) is 11.8 Å². The van der Waals surface area contributed by atoms with Crippen molar-refractivity contribution in [2.45, 2.75) is 45.6 Å². The van der Waals surface area contributed by atoms with E-state index < -0.39 is 0 Å². The third-order valence-electron chi connectivity index (χ3n) is 4.12. The number of benzene rings is 2. The van der Waals surface area contributed by atoms with Crippen molar-refractivity contribution in [3.63, 3.8) is 0 Å². The number of amides is 1. The number of hydrogen-bond donors (Lipinski definition) is 1. The predicted octanol–water partition coefficient (Wildman–Crippen LogP) is 4.89. The van der Waals surface area contributed by atoms with Crippen LogP contribution in [0.1, 0.15) is 40.8 Å². The van der Waals surface area contributed by atoms with Crippen LogP contribution in [0.3, 0.4) is 0 Å². The van der Waals surface area contributed by atoms with Crippen molar-refractivity contribution < 1.29 is 4.79 Å². The molecule has 3 heteroatoms. The molecule has 122 valence electrons. The van der Waals surface area contributed by atoms with Crippen molar-refractivity contribution in [1.82, 2.24) is 5.32 Å². The molecule has 0 aliphatic heterocycles. The molecule has 0 saturated heterocycles. The van der Waals surface area contributed by atoms with Gasteiger partial charge in [-0.25, -0.2) is 0 Å². The normalized spacial score (nSPS) is 12.0. The molecule has 0 aliphatic rings. The van der Waals surface area contributed by atoms with Crippen LogP contribution in [0.25, 0.3) is 0 Å². The molecule has 0 saturated carbocycles. The highest BCUT2D eigenvalue weighted by molar-refractivity contribution is 8.00. The molecule has 2 aromatic rings. The van der Waals surface area contributed by atoms with E-state index in [0.717, 1.165) is 4.90 Å². The number of thioether (sulfide) groups is 1. The molecular formula is C20H25NOS. The molecular weight excluding hydrogens is 302 g/mol. The number of hydrogen-bond acceptors (Lipinski definition) is 2. The Morgan fingerprint density at radius 3 is 2.26 bits per heavy atom.